The van der Waals surface area contributed by atoms with E-state index < -0.39 is 54.2 Å². The van der Waals surface area contributed by atoms with Crippen LogP contribution in [0.3, 0.4) is 0 Å². The third kappa shape index (κ3) is 7.61. The largest absolute Gasteiger partial charge is 0.481 e. The molecule has 12 nitrogen and oxygen atoms in total. The number of fused-ring (bicyclic) bond motifs is 1. The summed E-state index contributed by atoms with van der Waals surface area (Å²) in [6.45, 7) is 0. The number of amides is 3. The van der Waals surface area contributed by atoms with E-state index in [9.17, 15) is 29.1 Å². The van der Waals surface area contributed by atoms with Gasteiger partial charge in [0.05, 0.1) is 6.04 Å². The predicted octanol–water partition coefficient (Wildman–Crippen LogP) is -0.778. The molecule has 0 spiro atoms. The monoisotopic (exact) mass is 461 g/mol. The predicted molar refractivity (Wildman–Crippen MR) is 117 cm³/mol. The fourth-order valence-corrected chi connectivity index (χ4v) is 3.23. The summed E-state index contributed by atoms with van der Waals surface area (Å²) in [5, 5.41) is 23.8. The van der Waals surface area contributed by atoms with Crippen LogP contribution in [0, 0.1) is 0 Å². The normalized spacial score (nSPS) is 13.6. The summed E-state index contributed by atoms with van der Waals surface area (Å²) in [6, 6.07) is 3.51. The lowest BCUT2D eigenvalue weighted by molar-refractivity contribution is -0.143. The van der Waals surface area contributed by atoms with E-state index in [-0.39, 0.29) is 25.7 Å². The molecule has 1 aromatic heterocycles. The van der Waals surface area contributed by atoms with Crippen molar-refractivity contribution in [2.24, 2.45) is 11.5 Å². The first-order chi connectivity index (χ1) is 15.6. The Morgan fingerprint density at radius 1 is 0.939 bits per heavy atom. The molecule has 1 heterocycles. The van der Waals surface area contributed by atoms with Gasteiger partial charge in [-0.3, -0.25) is 19.2 Å². The lowest BCUT2D eigenvalue weighted by Crippen LogP contribution is -2.55. The number of aromatic amines is 1. The summed E-state index contributed by atoms with van der Waals surface area (Å²) in [6.07, 6.45) is 0.735. The SMILES string of the molecule is NC(=O)CC[C@H](N)C(=O)N[C@@H](Cc1c[nH]c2ccccc12)C(=O)N[C@@H](CCC(=O)O)C(=O)O. The number of hydrogen-bond donors (Lipinski definition) is 7. The second-order valence-electron chi connectivity index (χ2n) is 7.57. The lowest BCUT2D eigenvalue weighted by Gasteiger charge is -2.22. The topological polar surface area (TPSA) is 218 Å². The molecule has 2 aromatic rings. The van der Waals surface area contributed by atoms with Crippen LogP contribution in [0.2, 0.25) is 0 Å². The molecule has 0 bridgehead atoms. The summed E-state index contributed by atoms with van der Waals surface area (Å²) < 4.78 is 0. The number of carbonyl (C=O) groups is 5. The van der Waals surface area contributed by atoms with Crippen molar-refractivity contribution in [3.8, 4) is 0 Å². The fourth-order valence-electron chi connectivity index (χ4n) is 3.23. The number of H-pyrrole nitrogens is 1. The number of para-hydroxylation sites is 1. The second kappa shape index (κ2) is 11.6. The van der Waals surface area contributed by atoms with Crippen LogP contribution in [0.1, 0.15) is 31.2 Å². The van der Waals surface area contributed by atoms with Crippen LogP contribution in [0.5, 0.6) is 0 Å². The number of nitrogens with two attached hydrogens (primary N) is 2. The maximum atomic E-state index is 12.9. The van der Waals surface area contributed by atoms with E-state index in [4.69, 9.17) is 16.6 Å². The molecular weight excluding hydrogens is 434 g/mol. The van der Waals surface area contributed by atoms with Crippen LogP contribution >= 0.6 is 0 Å². The van der Waals surface area contributed by atoms with E-state index in [0.29, 0.717) is 5.56 Å². The van der Waals surface area contributed by atoms with Gasteiger partial charge in [-0.25, -0.2) is 4.79 Å². The number of carboxylic acids is 2. The second-order valence-corrected chi connectivity index (χ2v) is 7.57. The number of hydrogen-bond acceptors (Lipinski definition) is 6. The van der Waals surface area contributed by atoms with Crippen LogP contribution in [0.15, 0.2) is 30.5 Å². The first kappa shape index (κ1) is 25.3. The quantitative estimate of drug-likeness (QED) is 0.200. The van der Waals surface area contributed by atoms with Crippen molar-refractivity contribution in [3.63, 3.8) is 0 Å². The Kier molecular flexibility index (Phi) is 8.92. The number of benzene rings is 1. The summed E-state index contributed by atoms with van der Waals surface area (Å²) in [4.78, 5) is 61.7. The molecule has 9 N–H and O–H groups in total. The zero-order chi connectivity index (χ0) is 24.5. The Morgan fingerprint density at radius 2 is 1.61 bits per heavy atom. The molecular formula is C21H27N5O7. The van der Waals surface area contributed by atoms with Gasteiger partial charge in [0, 0.05) is 36.4 Å². The van der Waals surface area contributed by atoms with Crippen LogP contribution < -0.4 is 22.1 Å². The molecule has 2 rings (SSSR count). The Hall–Kier alpha value is -3.93. The van der Waals surface area contributed by atoms with Gasteiger partial charge in [0.1, 0.15) is 12.1 Å². The van der Waals surface area contributed by atoms with Gasteiger partial charge >= 0.3 is 11.9 Å². The highest BCUT2D eigenvalue weighted by Gasteiger charge is 2.29. The summed E-state index contributed by atoms with van der Waals surface area (Å²) in [5.41, 5.74) is 12.4. The maximum Gasteiger partial charge on any atom is 0.326 e. The van der Waals surface area contributed by atoms with E-state index in [1.54, 1.807) is 12.3 Å². The molecule has 0 fully saturated rings. The summed E-state index contributed by atoms with van der Waals surface area (Å²) in [5.74, 6) is -4.77. The number of nitrogens with one attached hydrogen (secondary N) is 3. The van der Waals surface area contributed by atoms with E-state index in [0.717, 1.165) is 10.9 Å². The summed E-state index contributed by atoms with van der Waals surface area (Å²) in [7, 11) is 0. The van der Waals surface area contributed by atoms with Gasteiger partial charge in [-0.1, -0.05) is 18.2 Å². The Balaban J connectivity index is 2.22. The molecule has 0 aliphatic rings. The van der Waals surface area contributed by atoms with E-state index in [1.807, 2.05) is 18.2 Å². The highest BCUT2D eigenvalue weighted by atomic mass is 16.4. The first-order valence-electron chi connectivity index (χ1n) is 10.2. The molecule has 1 aromatic carbocycles. The lowest BCUT2D eigenvalue weighted by atomic mass is 10.0. The van der Waals surface area contributed by atoms with Crippen molar-refractivity contribution in [2.75, 3.05) is 0 Å². The average Bonchev–Trinajstić information content (AvgIpc) is 3.16. The standard InChI is InChI=1S/C21H27N5O7/c22-13(5-7-17(23)27)19(30)26-16(9-11-10-24-14-4-2-1-3-12(11)14)20(31)25-15(21(32)33)6-8-18(28)29/h1-4,10,13,15-16,24H,5-9,22H2,(H2,23,27)(H,25,31)(H,26,30)(H,28,29)(H,32,33)/t13-,15-,16-/m0/s1. The Labute approximate surface area is 188 Å². The molecule has 178 valence electrons. The highest BCUT2D eigenvalue weighted by Crippen LogP contribution is 2.19. The van der Waals surface area contributed by atoms with Gasteiger partial charge in [0.15, 0.2) is 0 Å². The number of rotatable bonds is 13. The minimum absolute atomic E-state index is 0.00932. The molecule has 0 saturated carbocycles. The molecule has 3 amide bonds. The van der Waals surface area contributed by atoms with Gasteiger partial charge in [-0.05, 0) is 24.5 Å². The molecule has 0 radical (unpaired) electrons. The first-order valence-corrected chi connectivity index (χ1v) is 10.2. The molecule has 0 saturated heterocycles. The number of carboxylic acid groups (broad SMARTS) is 2. The zero-order valence-electron chi connectivity index (χ0n) is 17.7. The van der Waals surface area contributed by atoms with Gasteiger partial charge in [-0.15, -0.1) is 0 Å². The van der Waals surface area contributed by atoms with Crippen LogP contribution in [0.25, 0.3) is 10.9 Å². The molecule has 33 heavy (non-hydrogen) atoms. The van der Waals surface area contributed by atoms with Crippen LogP contribution in [0.4, 0.5) is 0 Å². The van der Waals surface area contributed by atoms with Crippen molar-refractivity contribution in [1.82, 2.24) is 15.6 Å². The molecule has 12 heteroatoms. The molecule has 3 atom stereocenters. The molecule has 0 unspecified atom stereocenters. The third-order valence-corrected chi connectivity index (χ3v) is 5.03. The van der Waals surface area contributed by atoms with Gasteiger partial charge < -0.3 is 37.3 Å². The number of aliphatic carboxylic acids is 2. The van der Waals surface area contributed by atoms with Crippen LogP contribution in [-0.2, 0) is 30.4 Å². The smallest absolute Gasteiger partial charge is 0.326 e. The van der Waals surface area contributed by atoms with Gasteiger partial charge in [0.25, 0.3) is 0 Å². The summed E-state index contributed by atoms with van der Waals surface area (Å²) >= 11 is 0. The molecule has 0 aliphatic carbocycles. The van der Waals surface area contributed by atoms with Crippen molar-refractivity contribution in [2.45, 2.75) is 50.2 Å². The van der Waals surface area contributed by atoms with Crippen LogP contribution in [-0.4, -0.2) is 63.0 Å². The Bertz CT molecular complexity index is 1030. The molecule has 0 aliphatic heterocycles. The number of primary amides is 1. The third-order valence-electron chi connectivity index (χ3n) is 5.03. The van der Waals surface area contributed by atoms with E-state index in [2.05, 4.69) is 15.6 Å². The van der Waals surface area contributed by atoms with Crippen molar-refractivity contribution in [1.29, 1.82) is 0 Å². The van der Waals surface area contributed by atoms with Gasteiger partial charge in [-0.2, -0.15) is 0 Å². The minimum Gasteiger partial charge on any atom is -0.481 e. The fraction of sp³-hybridized carbons (Fsp3) is 0.381. The Morgan fingerprint density at radius 3 is 2.24 bits per heavy atom. The minimum atomic E-state index is -1.46. The van der Waals surface area contributed by atoms with E-state index >= 15 is 0 Å². The maximum absolute atomic E-state index is 12.9. The van der Waals surface area contributed by atoms with Gasteiger partial charge in [0.2, 0.25) is 17.7 Å². The average molecular weight is 461 g/mol. The van der Waals surface area contributed by atoms with Crippen molar-refractivity contribution in [3.05, 3.63) is 36.0 Å². The van der Waals surface area contributed by atoms with Crippen molar-refractivity contribution >= 4 is 40.6 Å². The van der Waals surface area contributed by atoms with Crippen molar-refractivity contribution < 1.29 is 34.2 Å². The van der Waals surface area contributed by atoms with E-state index in [1.165, 1.54) is 0 Å². The number of carbonyl (C=O) groups excluding carboxylic acids is 3. The number of aromatic nitrogens is 1. The highest BCUT2D eigenvalue weighted by molar-refractivity contribution is 5.93. The zero-order valence-corrected chi connectivity index (χ0v) is 17.7.